The van der Waals surface area contributed by atoms with Gasteiger partial charge < -0.3 is 15.2 Å². The minimum Gasteiger partial charge on any atom is -0.323 e. The molecule has 0 fully saturated rings. The van der Waals surface area contributed by atoms with Crippen molar-refractivity contribution in [2.24, 2.45) is 7.05 Å². The lowest BCUT2D eigenvalue weighted by atomic mass is 10.3. The van der Waals surface area contributed by atoms with E-state index in [1.54, 1.807) is 30.7 Å². The fourth-order valence-corrected chi connectivity index (χ4v) is 4.10. The van der Waals surface area contributed by atoms with Crippen LogP contribution in [0.1, 0.15) is 23.3 Å². The zero-order valence-corrected chi connectivity index (χ0v) is 18.5. The fourth-order valence-electron chi connectivity index (χ4n) is 2.45. The van der Waals surface area contributed by atoms with Crippen LogP contribution < -0.4 is 10.6 Å². The van der Waals surface area contributed by atoms with E-state index in [0.29, 0.717) is 16.1 Å². The van der Waals surface area contributed by atoms with Crippen LogP contribution >= 0.6 is 23.1 Å². The molecule has 3 aromatic rings. The molecule has 0 aliphatic heterocycles. The van der Waals surface area contributed by atoms with Crippen LogP contribution in [0.3, 0.4) is 0 Å². The Balaban J connectivity index is 1.59. The van der Waals surface area contributed by atoms with E-state index in [4.69, 9.17) is 0 Å². The highest BCUT2D eigenvalue weighted by molar-refractivity contribution is 8.00. The minimum atomic E-state index is -0.509. The predicted octanol–water partition coefficient (Wildman–Crippen LogP) is 3.33. The Labute approximate surface area is 181 Å². The predicted molar refractivity (Wildman–Crippen MR) is 115 cm³/mol. The van der Waals surface area contributed by atoms with Gasteiger partial charge in [0.25, 0.3) is 0 Å². The summed E-state index contributed by atoms with van der Waals surface area (Å²) < 4.78 is 15.3. The topological polar surface area (TPSA) is 102 Å². The number of anilines is 2. The van der Waals surface area contributed by atoms with Gasteiger partial charge in [-0.05, 0) is 32.9 Å². The van der Waals surface area contributed by atoms with Crippen molar-refractivity contribution in [3.63, 3.8) is 0 Å². The molecule has 3 rings (SSSR count). The first-order valence-corrected chi connectivity index (χ1v) is 10.8. The van der Waals surface area contributed by atoms with Crippen molar-refractivity contribution < 1.29 is 14.0 Å². The van der Waals surface area contributed by atoms with E-state index in [1.165, 1.54) is 35.2 Å². The number of carbonyl (C=O) groups excluding carboxylic acids is 2. The molecule has 1 atom stereocenters. The van der Waals surface area contributed by atoms with E-state index in [2.05, 4.69) is 25.8 Å². The summed E-state index contributed by atoms with van der Waals surface area (Å²) >= 11 is 2.65. The number of carbonyl (C=O) groups is 2. The molecule has 0 saturated carbocycles. The number of nitrogens with one attached hydrogen (secondary N) is 2. The Morgan fingerprint density at radius 3 is 2.63 bits per heavy atom. The lowest BCUT2D eigenvalue weighted by Crippen LogP contribution is -2.23. The highest BCUT2D eigenvalue weighted by atomic mass is 32.2. The summed E-state index contributed by atoms with van der Waals surface area (Å²) in [4.78, 5) is 30.0. The molecule has 0 spiro atoms. The van der Waals surface area contributed by atoms with Gasteiger partial charge in [0.2, 0.25) is 11.8 Å². The number of benzene rings is 1. The number of aryl methyl sites for hydroxylation is 2. The van der Waals surface area contributed by atoms with Crippen LogP contribution in [0.2, 0.25) is 0 Å². The maximum absolute atomic E-state index is 13.7. The minimum absolute atomic E-state index is 0.0728. The summed E-state index contributed by atoms with van der Waals surface area (Å²) in [5, 5.41) is 14.0. The second-order valence-electron chi connectivity index (χ2n) is 6.57. The second kappa shape index (κ2) is 9.35. The van der Waals surface area contributed by atoms with Gasteiger partial charge in [-0.3, -0.25) is 9.59 Å². The van der Waals surface area contributed by atoms with Gasteiger partial charge in [0, 0.05) is 11.9 Å². The summed E-state index contributed by atoms with van der Waals surface area (Å²) in [5.74, 6) is -0.710. The Kier molecular flexibility index (Phi) is 6.83. The summed E-state index contributed by atoms with van der Waals surface area (Å²) in [7, 11) is 1.71. The maximum atomic E-state index is 13.7. The van der Waals surface area contributed by atoms with Gasteiger partial charge in [0.1, 0.15) is 11.6 Å². The van der Waals surface area contributed by atoms with Crippen molar-refractivity contribution in [1.82, 2.24) is 19.7 Å². The molecular weight excluding hydrogens is 427 g/mol. The van der Waals surface area contributed by atoms with Crippen LogP contribution in [-0.2, 0) is 23.1 Å². The van der Waals surface area contributed by atoms with Crippen LogP contribution in [-0.4, -0.2) is 36.8 Å². The first-order chi connectivity index (χ1) is 14.2. The molecular formula is C19H21FN6O2S2. The number of halogens is 1. The third-order valence-corrected chi connectivity index (χ3v) is 6.42. The fraction of sp³-hybridized carbons (Fsp3) is 0.316. The third-order valence-electron chi connectivity index (χ3n) is 4.30. The molecule has 30 heavy (non-hydrogen) atoms. The molecule has 2 amide bonds. The summed E-state index contributed by atoms with van der Waals surface area (Å²) in [6, 6.07) is 5.94. The Hall–Kier alpha value is -2.79. The number of thiazole rings is 1. The van der Waals surface area contributed by atoms with Crippen LogP contribution in [0.15, 0.2) is 29.4 Å². The van der Waals surface area contributed by atoms with E-state index in [9.17, 15) is 14.0 Å². The average molecular weight is 449 g/mol. The Bertz CT molecular complexity index is 1060. The first kappa shape index (κ1) is 21.9. The van der Waals surface area contributed by atoms with Crippen molar-refractivity contribution in [3.8, 4) is 0 Å². The third kappa shape index (κ3) is 5.22. The van der Waals surface area contributed by atoms with Crippen LogP contribution in [0, 0.1) is 19.7 Å². The SMILES string of the molecule is Cc1nc(NC(=O)[C@@H](C)Sc2nnc(CC(=O)Nc3ccccc3F)n2C)sc1C. The monoisotopic (exact) mass is 448 g/mol. The van der Waals surface area contributed by atoms with E-state index in [-0.39, 0.29) is 18.0 Å². The molecule has 0 radical (unpaired) electrons. The van der Waals surface area contributed by atoms with E-state index < -0.39 is 17.0 Å². The van der Waals surface area contributed by atoms with Crippen molar-refractivity contribution in [2.75, 3.05) is 10.6 Å². The van der Waals surface area contributed by atoms with Crippen LogP contribution in [0.25, 0.3) is 0 Å². The molecule has 0 aliphatic carbocycles. The number of rotatable bonds is 7. The zero-order chi connectivity index (χ0) is 21.8. The largest absolute Gasteiger partial charge is 0.323 e. The van der Waals surface area contributed by atoms with Gasteiger partial charge in [0.05, 0.1) is 23.1 Å². The molecule has 8 nitrogen and oxygen atoms in total. The van der Waals surface area contributed by atoms with Gasteiger partial charge in [-0.1, -0.05) is 23.9 Å². The van der Waals surface area contributed by atoms with Gasteiger partial charge in [-0.25, -0.2) is 9.37 Å². The molecule has 0 unspecified atom stereocenters. The zero-order valence-electron chi connectivity index (χ0n) is 16.9. The van der Waals surface area contributed by atoms with Crippen molar-refractivity contribution in [3.05, 3.63) is 46.5 Å². The highest BCUT2D eigenvalue weighted by Crippen LogP contribution is 2.25. The Morgan fingerprint density at radius 1 is 1.23 bits per heavy atom. The average Bonchev–Trinajstić information content (AvgIpc) is 3.19. The lowest BCUT2D eigenvalue weighted by Gasteiger charge is -2.10. The second-order valence-corrected chi connectivity index (χ2v) is 9.08. The van der Waals surface area contributed by atoms with E-state index in [0.717, 1.165) is 10.6 Å². The highest BCUT2D eigenvalue weighted by Gasteiger charge is 2.21. The molecule has 2 N–H and O–H groups in total. The van der Waals surface area contributed by atoms with Crippen LogP contribution in [0.5, 0.6) is 0 Å². The van der Waals surface area contributed by atoms with Crippen molar-refractivity contribution in [2.45, 2.75) is 37.6 Å². The number of para-hydroxylation sites is 1. The number of aromatic nitrogens is 4. The molecule has 1 aromatic carbocycles. The first-order valence-electron chi connectivity index (χ1n) is 9.08. The number of amides is 2. The molecule has 2 heterocycles. The molecule has 158 valence electrons. The Morgan fingerprint density at radius 2 is 1.97 bits per heavy atom. The van der Waals surface area contributed by atoms with Gasteiger partial charge >= 0.3 is 0 Å². The van der Waals surface area contributed by atoms with Gasteiger partial charge in [-0.15, -0.1) is 21.5 Å². The number of nitrogens with zero attached hydrogens (tertiary/aromatic N) is 4. The van der Waals surface area contributed by atoms with Gasteiger partial charge in [-0.2, -0.15) is 0 Å². The smallest absolute Gasteiger partial charge is 0.239 e. The molecule has 11 heteroatoms. The number of hydrogen-bond donors (Lipinski definition) is 2. The van der Waals surface area contributed by atoms with E-state index in [1.807, 2.05) is 13.8 Å². The summed E-state index contributed by atoms with van der Waals surface area (Å²) in [6.45, 7) is 5.60. The summed E-state index contributed by atoms with van der Waals surface area (Å²) in [5.41, 5.74) is 0.999. The van der Waals surface area contributed by atoms with Crippen molar-refractivity contribution in [1.29, 1.82) is 0 Å². The standard InChI is InChI=1S/C19H21FN6O2S2/c1-10-11(2)29-18(21-10)23-17(28)12(3)30-19-25-24-15(26(19)4)9-16(27)22-14-8-6-5-7-13(14)20/h5-8,12H,9H2,1-4H3,(H,22,27)(H,21,23,28)/t12-/m1/s1. The number of thioether (sulfide) groups is 1. The van der Waals surface area contributed by atoms with Crippen LogP contribution in [0.4, 0.5) is 15.2 Å². The molecule has 0 bridgehead atoms. The quantitative estimate of drug-likeness (QED) is 0.538. The van der Waals surface area contributed by atoms with Crippen molar-refractivity contribution >= 4 is 45.7 Å². The molecule has 0 aliphatic rings. The van der Waals surface area contributed by atoms with Gasteiger partial charge in [0.15, 0.2) is 10.3 Å². The lowest BCUT2D eigenvalue weighted by molar-refractivity contribution is -0.116. The van der Waals surface area contributed by atoms with E-state index >= 15 is 0 Å². The number of hydrogen-bond acceptors (Lipinski definition) is 7. The molecule has 2 aromatic heterocycles. The molecule has 0 saturated heterocycles. The maximum Gasteiger partial charge on any atom is 0.239 e. The normalized spacial score (nSPS) is 11.9. The summed E-state index contributed by atoms with van der Waals surface area (Å²) in [6.07, 6.45) is -0.0728.